The van der Waals surface area contributed by atoms with Gasteiger partial charge in [-0.2, -0.15) is 5.10 Å². The smallest absolute Gasteiger partial charge is 0.269 e. The maximum atomic E-state index is 13.0. The number of hydrogen-bond donors (Lipinski definition) is 1. The normalized spacial score (nSPS) is 10.6. The van der Waals surface area contributed by atoms with Crippen LogP contribution in [0.3, 0.4) is 0 Å². The zero-order valence-electron chi connectivity index (χ0n) is 15.5. The van der Waals surface area contributed by atoms with Crippen molar-refractivity contribution in [2.75, 3.05) is 18.6 Å². The second-order valence-corrected chi connectivity index (χ2v) is 5.88. The molecule has 0 aliphatic carbocycles. The standard InChI is InChI=1S/C22H21N3O3/c1-27-21-14-17(15-24-23)12-13-20(21)28-16-22(26)25(18-8-4-2-5-9-18)19-10-6-3-7-11-19/h2-15H,16,23H2,1H3. The van der Waals surface area contributed by atoms with Gasteiger partial charge in [0, 0.05) is 11.4 Å². The lowest BCUT2D eigenvalue weighted by Crippen LogP contribution is -2.30. The minimum atomic E-state index is -0.202. The monoisotopic (exact) mass is 375 g/mol. The van der Waals surface area contributed by atoms with Crippen molar-refractivity contribution < 1.29 is 14.3 Å². The molecule has 1 amide bonds. The average molecular weight is 375 g/mol. The number of amides is 1. The highest BCUT2D eigenvalue weighted by Gasteiger charge is 2.19. The fourth-order valence-electron chi connectivity index (χ4n) is 2.77. The summed E-state index contributed by atoms with van der Waals surface area (Å²) in [5.74, 6) is 5.94. The molecule has 0 radical (unpaired) electrons. The summed E-state index contributed by atoms with van der Waals surface area (Å²) >= 11 is 0. The molecule has 2 N–H and O–H groups in total. The van der Waals surface area contributed by atoms with E-state index in [0.717, 1.165) is 16.9 Å². The van der Waals surface area contributed by atoms with Crippen molar-refractivity contribution in [3.8, 4) is 11.5 Å². The summed E-state index contributed by atoms with van der Waals surface area (Å²) in [7, 11) is 1.54. The Morgan fingerprint density at radius 3 is 2.11 bits per heavy atom. The minimum absolute atomic E-state index is 0.148. The maximum absolute atomic E-state index is 13.0. The number of hydrogen-bond acceptors (Lipinski definition) is 5. The number of benzene rings is 3. The average Bonchev–Trinajstić information content (AvgIpc) is 2.74. The number of ether oxygens (including phenoxy) is 2. The molecule has 0 atom stereocenters. The molecule has 0 aliphatic heterocycles. The van der Waals surface area contributed by atoms with Gasteiger partial charge in [-0.3, -0.25) is 9.69 Å². The number of carbonyl (C=O) groups is 1. The summed E-state index contributed by atoms with van der Waals surface area (Å²) in [5, 5.41) is 3.49. The van der Waals surface area contributed by atoms with Gasteiger partial charge in [0.2, 0.25) is 0 Å². The van der Waals surface area contributed by atoms with Gasteiger partial charge in [0.1, 0.15) is 0 Å². The van der Waals surface area contributed by atoms with Crippen molar-refractivity contribution in [1.29, 1.82) is 0 Å². The number of hydrazone groups is 1. The molecule has 0 aromatic heterocycles. The molecule has 6 nitrogen and oxygen atoms in total. The fraction of sp³-hybridized carbons (Fsp3) is 0.0909. The highest BCUT2D eigenvalue weighted by molar-refractivity contribution is 6.01. The lowest BCUT2D eigenvalue weighted by atomic mass is 10.2. The number of para-hydroxylation sites is 2. The van der Waals surface area contributed by atoms with Crippen LogP contribution in [-0.4, -0.2) is 25.8 Å². The summed E-state index contributed by atoms with van der Waals surface area (Å²) in [6.07, 6.45) is 1.50. The first-order valence-electron chi connectivity index (χ1n) is 8.70. The van der Waals surface area contributed by atoms with Gasteiger partial charge in [-0.15, -0.1) is 0 Å². The third-order valence-corrected chi connectivity index (χ3v) is 4.04. The molecule has 0 spiro atoms. The highest BCUT2D eigenvalue weighted by Crippen LogP contribution is 2.29. The van der Waals surface area contributed by atoms with Crippen molar-refractivity contribution in [2.24, 2.45) is 10.9 Å². The fourth-order valence-corrected chi connectivity index (χ4v) is 2.77. The molecule has 0 aliphatic rings. The molecular weight excluding hydrogens is 354 g/mol. The molecule has 0 fully saturated rings. The second kappa shape index (κ2) is 9.23. The van der Waals surface area contributed by atoms with Crippen LogP contribution in [0.5, 0.6) is 11.5 Å². The minimum Gasteiger partial charge on any atom is -0.493 e. The van der Waals surface area contributed by atoms with Gasteiger partial charge in [-0.25, -0.2) is 0 Å². The van der Waals surface area contributed by atoms with Crippen LogP contribution in [0, 0.1) is 0 Å². The highest BCUT2D eigenvalue weighted by atomic mass is 16.5. The first-order chi connectivity index (χ1) is 13.7. The number of methoxy groups -OCH3 is 1. The summed E-state index contributed by atoms with van der Waals surface area (Å²) < 4.78 is 11.1. The van der Waals surface area contributed by atoms with Crippen molar-refractivity contribution in [3.63, 3.8) is 0 Å². The van der Waals surface area contributed by atoms with Gasteiger partial charge in [0.05, 0.1) is 13.3 Å². The van der Waals surface area contributed by atoms with Crippen LogP contribution in [0.25, 0.3) is 0 Å². The lowest BCUT2D eigenvalue weighted by Gasteiger charge is -2.23. The van der Waals surface area contributed by atoms with Gasteiger partial charge in [0.25, 0.3) is 5.91 Å². The second-order valence-electron chi connectivity index (χ2n) is 5.88. The van der Waals surface area contributed by atoms with E-state index in [-0.39, 0.29) is 12.5 Å². The molecule has 3 rings (SSSR count). The Bertz CT molecular complexity index is 904. The number of rotatable bonds is 7. The Labute approximate surface area is 163 Å². The molecule has 0 bridgehead atoms. The number of nitrogens with two attached hydrogens (primary N) is 1. The molecule has 0 saturated carbocycles. The molecule has 3 aromatic rings. The van der Waals surface area contributed by atoms with Crippen LogP contribution in [0.2, 0.25) is 0 Å². The van der Waals surface area contributed by atoms with E-state index in [1.807, 2.05) is 60.7 Å². The largest absolute Gasteiger partial charge is 0.493 e. The van der Waals surface area contributed by atoms with Crippen molar-refractivity contribution >= 4 is 23.5 Å². The molecule has 0 heterocycles. The van der Waals surface area contributed by atoms with Gasteiger partial charge in [0.15, 0.2) is 18.1 Å². The van der Waals surface area contributed by atoms with Crippen molar-refractivity contribution in [2.45, 2.75) is 0 Å². The van der Waals surface area contributed by atoms with E-state index < -0.39 is 0 Å². The lowest BCUT2D eigenvalue weighted by molar-refractivity contribution is -0.119. The molecule has 6 heteroatoms. The Morgan fingerprint density at radius 1 is 0.964 bits per heavy atom. The van der Waals surface area contributed by atoms with Gasteiger partial charge in [-0.05, 0) is 48.0 Å². The van der Waals surface area contributed by atoms with Crippen LogP contribution in [0.15, 0.2) is 84.0 Å². The first-order valence-corrected chi connectivity index (χ1v) is 8.70. The Hall–Kier alpha value is -3.80. The van der Waals surface area contributed by atoms with E-state index in [2.05, 4.69) is 5.10 Å². The van der Waals surface area contributed by atoms with Crippen LogP contribution >= 0.6 is 0 Å². The number of nitrogens with zero attached hydrogens (tertiary/aromatic N) is 2. The van der Waals surface area contributed by atoms with E-state index in [0.29, 0.717) is 11.5 Å². The van der Waals surface area contributed by atoms with Gasteiger partial charge < -0.3 is 15.3 Å². The molecule has 28 heavy (non-hydrogen) atoms. The zero-order chi connectivity index (χ0) is 19.8. The Balaban J connectivity index is 1.82. The van der Waals surface area contributed by atoms with Crippen molar-refractivity contribution in [1.82, 2.24) is 0 Å². The molecule has 142 valence electrons. The zero-order valence-corrected chi connectivity index (χ0v) is 15.5. The first kappa shape index (κ1) is 19.0. The molecule has 0 saturated heterocycles. The van der Waals surface area contributed by atoms with Crippen LogP contribution in [0.1, 0.15) is 5.56 Å². The summed E-state index contributed by atoms with van der Waals surface area (Å²) in [6, 6.07) is 24.1. The number of carbonyl (C=O) groups excluding carboxylic acids is 1. The molecule has 3 aromatic carbocycles. The Kier molecular flexibility index (Phi) is 6.25. The topological polar surface area (TPSA) is 77.1 Å². The van der Waals surface area contributed by atoms with Crippen molar-refractivity contribution in [3.05, 3.63) is 84.4 Å². The predicted octanol–water partition coefficient (Wildman–Crippen LogP) is 3.73. The van der Waals surface area contributed by atoms with E-state index in [1.165, 1.54) is 13.3 Å². The summed E-state index contributed by atoms with van der Waals surface area (Å²) in [5.41, 5.74) is 2.31. The summed E-state index contributed by atoms with van der Waals surface area (Å²) in [6.45, 7) is -0.148. The van der Waals surface area contributed by atoms with Crippen LogP contribution < -0.4 is 20.2 Å². The summed E-state index contributed by atoms with van der Waals surface area (Å²) in [4.78, 5) is 14.6. The Morgan fingerprint density at radius 2 is 1.57 bits per heavy atom. The van der Waals surface area contributed by atoms with Crippen LogP contribution in [0.4, 0.5) is 11.4 Å². The molecule has 0 unspecified atom stereocenters. The maximum Gasteiger partial charge on any atom is 0.269 e. The SMILES string of the molecule is COc1cc(C=NN)ccc1OCC(=O)N(c1ccccc1)c1ccccc1. The quantitative estimate of drug-likeness (QED) is 0.388. The van der Waals surface area contributed by atoms with E-state index in [1.54, 1.807) is 23.1 Å². The number of anilines is 2. The van der Waals surface area contributed by atoms with E-state index in [4.69, 9.17) is 15.3 Å². The predicted molar refractivity (Wildman–Crippen MR) is 110 cm³/mol. The van der Waals surface area contributed by atoms with Crippen LogP contribution in [-0.2, 0) is 4.79 Å². The third kappa shape index (κ3) is 4.48. The van der Waals surface area contributed by atoms with Gasteiger partial charge >= 0.3 is 0 Å². The third-order valence-electron chi connectivity index (χ3n) is 4.04. The van der Waals surface area contributed by atoms with Gasteiger partial charge in [-0.1, -0.05) is 36.4 Å². The van der Waals surface area contributed by atoms with E-state index in [9.17, 15) is 4.79 Å². The molecular formula is C22H21N3O3. The van der Waals surface area contributed by atoms with E-state index >= 15 is 0 Å².